The number of nitrogens with zero attached hydrogens (tertiary/aromatic N) is 3. The van der Waals surface area contributed by atoms with Crippen LogP contribution in [0.4, 0.5) is 5.69 Å². The summed E-state index contributed by atoms with van der Waals surface area (Å²) in [6.07, 6.45) is 3.37. The van der Waals surface area contributed by atoms with Gasteiger partial charge in [0.25, 0.3) is 5.56 Å². The molecule has 1 aliphatic rings. The van der Waals surface area contributed by atoms with Crippen molar-refractivity contribution in [3.63, 3.8) is 0 Å². The van der Waals surface area contributed by atoms with Gasteiger partial charge in [0.15, 0.2) is 0 Å². The van der Waals surface area contributed by atoms with Gasteiger partial charge in [-0.25, -0.2) is 21.5 Å². The number of methoxy groups -OCH3 is 1. The Morgan fingerprint density at radius 3 is 2.14 bits per heavy atom. The molecule has 1 aromatic heterocycles. The minimum absolute atomic E-state index is 0.167. The summed E-state index contributed by atoms with van der Waals surface area (Å²) in [6.45, 7) is 0.303. The molecule has 0 radical (unpaired) electrons. The van der Waals surface area contributed by atoms with Gasteiger partial charge in [-0.1, -0.05) is 0 Å². The molecule has 28 heavy (non-hydrogen) atoms. The lowest BCUT2D eigenvalue weighted by molar-refractivity contribution is 0.415. The minimum Gasteiger partial charge on any atom is -0.497 e. The van der Waals surface area contributed by atoms with Crippen LogP contribution < -0.4 is 14.0 Å². The first-order chi connectivity index (χ1) is 13.0. The van der Waals surface area contributed by atoms with E-state index in [9.17, 15) is 21.6 Å². The highest BCUT2D eigenvalue weighted by Gasteiger charge is 2.32. The van der Waals surface area contributed by atoms with Crippen LogP contribution in [0.25, 0.3) is 11.3 Å². The van der Waals surface area contributed by atoms with Crippen molar-refractivity contribution < 1.29 is 21.6 Å². The molecule has 1 heterocycles. The van der Waals surface area contributed by atoms with Gasteiger partial charge >= 0.3 is 0 Å². The summed E-state index contributed by atoms with van der Waals surface area (Å²) in [6, 6.07) is 7.97. The normalized spacial score (nSPS) is 14.7. The van der Waals surface area contributed by atoms with E-state index in [4.69, 9.17) is 4.74 Å². The number of benzene rings is 1. The molecule has 1 fully saturated rings. The number of hydrogen-bond donors (Lipinski definition) is 0. The second-order valence-corrected chi connectivity index (χ2v) is 10.7. The van der Waals surface area contributed by atoms with E-state index in [2.05, 4.69) is 5.10 Å². The van der Waals surface area contributed by atoms with Crippen molar-refractivity contribution >= 4 is 25.7 Å². The number of anilines is 1. The van der Waals surface area contributed by atoms with Crippen molar-refractivity contribution in [2.45, 2.75) is 19.4 Å². The fourth-order valence-electron chi connectivity index (χ4n) is 2.83. The van der Waals surface area contributed by atoms with Gasteiger partial charge in [0, 0.05) is 12.1 Å². The third-order valence-electron chi connectivity index (χ3n) is 4.27. The van der Waals surface area contributed by atoms with Crippen LogP contribution in [0.3, 0.4) is 0 Å². The molecule has 11 heteroatoms. The van der Waals surface area contributed by atoms with E-state index in [-0.39, 0.29) is 15.3 Å². The van der Waals surface area contributed by atoms with Gasteiger partial charge in [-0.2, -0.15) is 8.81 Å². The van der Waals surface area contributed by atoms with Crippen molar-refractivity contribution in [1.29, 1.82) is 0 Å². The van der Waals surface area contributed by atoms with E-state index in [0.29, 0.717) is 17.9 Å². The minimum atomic E-state index is -4.25. The van der Waals surface area contributed by atoms with Crippen LogP contribution in [0.15, 0.2) is 35.1 Å². The molecule has 0 unspecified atom stereocenters. The topological polar surface area (TPSA) is 116 Å². The van der Waals surface area contributed by atoms with Gasteiger partial charge in [0.05, 0.1) is 25.3 Å². The maximum atomic E-state index is 12.9. The number of sulfonamides is 2. The lowest BCUT2D eigenvalue weighted by Crippen LogP contribution is -2.40. The molecule has 0 bridgehead atoms. The van der Waals surface area contributed by atoms with Crippen molar-refractivity contribution in [2.24, 2.45) is 5.92 Å². The smallest absolute Gasteiger partial charge is 0.292 e. The average molecular weight is 428 g/mol. The molecule has 1 aliphatic carbocycles. The molecule has 0 atom stereocenters. The van der Waals surface area contributed by atoms with E-state index < -0.39 is 31.3 Å². The summed E-state index contributed by atoms with van der Waals surface area (Å²) in [7, 11) is -6.98. The third-order valence-corrected chi connectivity index (χ3v) is 7.49. The second-order valence-electron chi connectivity index (χ2n) is 6.80. The quantitative estimate of drug-likeness (QED) is 0.648. The highest BCUT2D eigenvalue weighted by molar-refractivity contribution is 8.09. The Balaban J connectivity index is 2.24. The Morgan fingerprint density at radius 2 is 1.68 bits per heavy atom. The van der Waals surface area contributed by atoms with Crippen molar-refractivity contribution in [3.8, 4) is 17.0 Å². The first kappa shape index (κ1) is 20.3. The van der Waals surface area contributed by atoms with Crippen LogP contribution >= 0.6 is 0 Å². The number of rotatable bonds is 7. The predicted octanol–water partition coefficient (Wildman–Crippen LogP) is 1.05. The summed E-state index contributed by atoms with van der Waals surface area (Å²) < 4.78 is 55.1. The van der Waals surface area contributed by atoms with Crippen LogP contribution in [-0.2, 0) is 26.6 Å². The molecular weight excluding hydrogens is 406 g/mol. The number of ether oxygens (including phenoxy) is 1. The monoisotopic (exact) mass is 427 g/mol. The molecule has 0 saturated heterocycles. The summed E-state index contributed by atoms with van der Waals surface area (Å²) in [5.41, 5.74) is -0.352. The van der Waals surface area contributed by atoms with Gasteiger partial charge in [-0.15, -0.1) is 0 Å². The van der Waals surface area contributed by atoms with Crippen molar-refractivity contribution in [1.82, 2.24) is 9.78 Å². The van der Waals surface area contributed by atoms with E-state index in [1.165, 1.54) is 13.2 Å². The van der Waals surface area contributed by atoms with Crippen molar-refractivity contribution in [2.75, 3.05) is 23.3 Å². The molecule has 3 rings (SSSR count). The molecule has 1 aromatic carbocycles. The van der Waals surface area contributed by atoms with Crippen molar-refractivity contribution in [3.05, 3.63) is 40.7 Å². The Bertz CT molecular complexity index is 1120. The molecule has 1 saturated carbocycles. The Morgan fingerprint density at radius 1 is 1.11 bits per heavy atom. The van der Waals surface area contributed by atoms with Crippen LogP contribution in [0.5, 0.6) is 5.75 Å². The molecule has 2 aromatic rings. The van der Waals surface area contributed by atoms with Gasteiger partial charge < -0.3 is 4.74 Å². The third kappa shape index (κ3) is 4.36. The zero-order valence-corrected chi connectivity index (χ0v) is 17.3. The van der Waals surface area contributed by atoms with Gasteiger partial charge in [-0.3, -0.25) is 4.79 Å². The van der Waals surface area contributed by atoms with Crippen LogP contribution in [0, 0.1) is 5.92 Å². The molecule has 0 N–H and O–H groups in total. The second kappa shape index (κ2) is 7.21. The Hall–Kier alpha value is -2.40. The molecule has 9 nitrogen and oxygen atoms in total. The molecule has 0 amide bonds. The van der Waals surface area contributed by atoms with Crippen LogP contribution in [0.2, 0.25) is 0 Å². The number of hydrogen-bond acceptors (Lipinski definition) is 7. The fraction of sp³-hybridized carbons (Fsp3) is 0.412. The van der Waals surface area contributed by atoms with Gasteiger partial charge in [0.1, 0.15) is 11.4 Å². The molecule has 0 spiro atoms. The first-order valence-corrected chi connectivity index (χ1v) is 12.2. The zero-order chi connectivity index (χ0) is 20.7. The van der Waals surface area contributed by atoms with Gasteiger partial charge in [0.2, 0.25) is 20.0 Å². The van der Waals surface area contributed by atoms with E-state index in [0.717, 1.165) is 30.0 Å². The SMILES string of the molecule is COc1ccc(-c2cc(N(S(C)(=O)=O)S(C)(=O)=O)c(=O)n(CC3CC3)n2)cc1. The Labute approximate surface area is 163 Å². The summed E-state index contributed by atoms with van der Waals surface area (Å²) in [5, 5.41) is 4.33. The van der Waals surface area contributed by atoms with Gasteiger partial charge in [-0.05, 0) is 49.1 Å². The average Bonchev–Trinajstić information content (AvgIpc) is 3.40. The number of aromatic nitrogens is 2. The first-order valence-electron chi connectivity index (χ1n) is 8.48. The zero-order valence-electron chi connectivity index (χ0n) is 15.7. The maximum absolute atomic E-state index is 12.9. The standard InChI is InChI=1S/C17H21N3O6S2/c1-26-14-8-6-13(7-9-14)15-10-16(20(27(2,22)23)28(3,24)25)17(21)19(18-15)11-12-4-5-12/h6-10,12H,4-5,11H2,1-3H3. The lowest BCUT2D eigenvalue weighted by Gasteiger charge is -2.20. The van der Waals surface area contributed by atoms with Crippen LogP contribution in [-0.4, -0.2) is 46.2 Å². The summed E-state index contributed by atoms with van der Waals surface area (Å²) in [4.78, 5) is 12.9. The summed E-state index contributed by atoms with van der Waals surface area (Å²) >= 11 is 0. The van der Waals surface area contributed by atoms with E-state index in [1.807, 2.05) is 0 Å². The van der Waals surface area contributed by atoms with E-state index in [1.54, 1.807) is 24.3 Å². The Kier molecular flexibility index (Phi) is 5.24. The van der Waals surface area contributed by atoms with Crippen LogP contribution in [0.1, 0.15) is 12.8 Å². The maximum Gasteiger partial charge on any atom is 0.292 e. The molecular formula is C17H21N3O6S2. The fourth-order valence-corrected chi connectivity index (χ4v) is 5.78. The highest BCUT2D eigenvalue weighted by atomic mass is 32.3. The van der Waals surface area contributed by atoms with E-state index >= 15 is 0 Å². The summed E-state index contributed by atoms with van der Waals surface area (Å²) in [5.74, 6) is 0.887. The molecule has 0 aliphatic heterocycles. The molecule has 152 valence electrons. The largest absolute Gasteiger partial charge is 0.497 e. The highest BCUT2D eigenvalue weighted by Crippen LogP contribution is 2.31. The lowest BCUT2D eigenvalue weighted by atomic mass is 10.1. The predicted molar refractivity (Wildman–Crippen MR) is 105 cm³/mol.